The molecule has 4 nitrogen and oxygen atoms in total. The number of hydrogen-bond donors (Lipinski definition) is 1. The highest BCUT2D eigenvalue weighted by molar-refractivity contribution is 7.16. The number of thiazole rings is 1. The van der Waals surface area contributed by atoms with Crippen molar-refractivity contribution >= 4 is 32.9 Å². The van der Waals surface area contributed by atoms with Gasteiger partial charge in [-0.2, -0.15) is 0 Å². The molecule has 0 bridgehead atoms. The molecule has 2 aromatic rings. The Labute approximate surface area is 117 Å². The Bertz CT molecular complexity index is 597. The lowest BCUT2D eigenvalue weighted by Gasteiger charge is -2.41. The van der Waals surface area contributed by atoms with Crippen LogP contribution in [0.15, 0.2) is 17.6 Å². The van der Waals surface area contributed by atoms with Crippen molar-refractivity contribution in [2.75, 3.05) is 30.8 Å². The van der Waals surface area contributed by atoms with E-state index in [0.29, 0.717) is 0 Å². The van der Waals surface area contributed by atoms with E-state index in [1.165, 1.54) is 0 Å². The molecule has 1 aromatic carbocycles. The molecule has 1 aliphatic heterocycles. The molecule has 1 atom stereocenters. The topological polar surface area (TPSA) is 51.4 Å². The van der Waals surface area contributed by atoms with Gasteiger partial charge in [-0.15, -0.1) is 11.3 Å². The van der Waals surface area contributed by atoms with Crippen LogP contribution in [0.1, 0.15) is 19.8 Å². The van der Waals surface area contributed by atoms with Crippen LogP contribution in [0.2, 0.25) is 0 Å². The summed E-state index contributed by atoms with van der Waals surface area (Å²) in [5.41, 5.74) is 10.9. The van der Waals surface area contributed by atoms with Crippen molar-refractivity contribution in [3.8, 4) is 0 Å². The fraction of sp³-hybridized carbons (Fsp3) is 0.500. The second kappa shape index (κ2) is 4.65. The monoisotopic (exact) mass is 277 g/mol. The van der Waals surface area contributed by atoms with Crippen LogP contribution in [0, 0.1) is 0 Å². The maximum atomic E-state index is 6.29. The molecule has 2 heterocycles. The number of methoxy groups -OCH3 is 1. The quantitative estimate of drug-likeness (QED) is 0.858. The number of ether oxygens (including phenoxy) is 1. The largest absolute Gasteiger partial charge is 0.395 e. The molecular weight excluding hydrogens is 258 g/mol. The first-order valence-electron chi connectivity index (χ1n) is 6.55. The number of aromatic nitrogens is 1. The van der Waals surface area contributed by atoms with Crippen LogP contribution in [-0.2, 0) is 4.74 Å². The summed E-state index contributed by atoms with van der Waals surface area (Å²) in [6.45, 7) is 4.07. The van der Waals surface area contributed by atoms with E-state index in [4.69, 9.17) is 10.5 Å². The molecule has 1 saturated heterocycles. The minimum Gasteiger partial charge on any atom is -0.395 e. The van der Waals surface area contributed by atoms with E-state index in [0.717, 1.165) is 47.5 Å². The predicted molar refractivity (Wildman–Crippen MR) is 80.9 cm³/mol. The molecule has 3 rings (SSSR count). The van der Waals surface area contributed by atoms with E-state index >= 15 is 0 Å². The van der Waals surface area contributed by atoms with Crippen LogP contribution in [0.25, 0.3) is 10.2 Å². The highest BCUT2D eigenvalue weighted by Gasteiger charge is 2.31. The molecule has 1 aromatic heterocycles. The van der Waals surface area contributed by atoms with Crippen LogP contribution in [0.5, 0.6) is 0 Å². The molecule has 0 amide bonds. The average Bonchev–Trinajstić information content (AvgIpc) is 2.88. The lowest BCUT2D eigenvalue weighted by Crippen LogP contribution is -2.47. The number of hydrogen-bond acceptors (Lipinski definition) is 5. The van der Waals surface area contributed by atoms with Gasteiger partial charge >= 0.3 is 0 Å². The van der Waals surface area contributed by atoms with E-state index in [1.54, 1.807) is 18.4 Å². The highest BCUT2D eigenvalue weighted by atomic mass is 32.1. The Morgan fingerprint density at radius 3 is 3.11 bits per heavy atom. The Hall–Kier alpha value is -1.33. The van der Waals surface area contributed by atoms with Gasteiger partial charge in [-0.05, 0) is 31.9 Å². The van der Waals surface area contributed by atoms with Gasteiger partial charge in [0.15, 0.2) is 0 Å². The summed E-state index contributed by atoms with van der Waals surface area (Å²) in [7, 11) is 1.79. The first kappa shape index (κ1) is 12.7. The normalized spacial score (nSPS) is 24.0. The molecule has 1 aliphatic rings. The van der Waals surface area contributed by atoms with Gasteiger partial charge < -0.3 is 15.4 Å². The number of nitrogens with two attached hydrogens (primary N) is 1. The maximum Gasteiger partial charge on any atom is 0.106 e. The van der Waals surface area contributed by atoms with Crippen molar-refractivity contribution in [3.05, 3.63) is 17.6 Å². The van der Waals surface area contributed by atoms with E-state index in [2.05, 4.69) is 28.9 Å². The zero-order chi connectivity index (χ0) is 13.5. The highest BCUT2D eigenvalue weighted by Crippen LogP contribution is 2.35. The fourth-order valence-electron chi connectivity index (χ4n) is 2.80. The SMILES string of the molecule is COC1(C)CCCN(c2ccc3scnc3c2N)C1. The van der Waals surface area contributed by atoms with Crippen molar-refractivity contribution in [2.24, 2.45) is 0 Å². The molecular formula is C14H19N3OS. The number of anilines is 2. The Kier molecular flexibility index (Phi) is 3.11. The summed E-state index contributed by atoms with van der Waals surface area (Å²) < 4.78 is 6.79. The van der Waals surface area contributed by atoms with Crippen LogP contribution in [-0.4, -0.2) is 30.8 Å². The average molecular weight is 277 g/mol. The molecule has 1 fully saturated rings. The fourth-order valence-corrected chi connectivity index (χ4v) is 3.49. The third kappa shape index (κ3) is 2.17. The van der Waals surface area contributed by atoms with Gasteiger partial charge in [0.1, 0.15) is 5.52 Å². The molecule has 0 spiro atoms. The number of nitrogens with zero attached hydrogens (tertiary/aromatic N) is 2. The number of fused-ring (bicyclic) bond motifs is 1. The van der Waals surface area contributed by atoms with Crippen molar-refractivity contribution < 1.29 is 4.74 Å². The van der Waals surface area contributed by atoms with Gasteiger partial charge in [-0.25, -0.2) is 4.98 Å². The van der Waals surface area contributed by atoms with Gasteiger partial charge in [0, 0.05) is 20.2 Å². The van der Waals surface area contributed by atoms with Gasteiger partial charge in [-0.1, -0.05) is 0 Å². The molecule has 0 radical (unpaired) electrons. The van der Waals surface area contributed by atoms with Crippen LogP contribution in [0.4, 0.5) is 11.4 Å². The van der Waals surface area contributed by atoms with E-state index in [9.17, 15) is 0 Å². The second-order valence-electron chi connectivity index (χ2n) is 5.38. The lowest BCUT2D eigenvalue weighted by atomic mass is 9.94. The number of piperidine rings is 1. The molecule has 2 N–H and O–H groups in total. The zero-order valence-corrected chi connectivity index (χ0v) is 12.2. The summed E-state index contributed by atoms with van der Waals surface area (Å²) in [5, 5.41) is 0. The summed E-state index contributed by atoms with van der Waals surface area (Å²) in [6.07, 6.45) is 2.22. The maximum absolute atomic E-state index is 6.29. The standard InChI is InChI=1S/C14H19N3OS/c1-14(18-2)6-3-7-17(8-14)10-4-5-11-13(12(10)15)16-9-19-11/h4-5,9H,3,6-8,15H2,1-2H3. The van der Waals surface area contributed by atoms with Gasteiger partial charge in [-0.3, -0.25) is 0 Å². The summed E-state index contributed by atoms with van der Waals surface area (Å²) in [4.78, 5) is 6.69. The van der Waals surface area contributed by atoms with E-state index in [-0.39, 0.29) is 5.60 Å². The summed E-state index contributed by atoms with van der Waals surface area (Å²) >= 11 is 1.63. The third-order valence-electron chi connectivity index (χ3n) is 4.01. The Balaban J connectivity index is 1.97. The smallest absolute Gasteiger partial charge is 0.106 e. The second-order valence-corrected chi connectivity index (χ2v) is 6.26. The number of rotatable bonds is 2. The molecule has 0 saturated carbocycles. The van der Waals surface area contributed by atoms with Crippen molar-refractivity contribution in [1.82, 2.24) is 4.98 Å². The van der Waals surface area contributed by atoms with Crippen LogP contribution < -0.4 is 10.6 Å². The lowest BCUT2D eigenvalue weighted by molar-refractivity contribution is -0.00462. The number of nitrogen functional groups attached to an aromatic ring is 1. The minimum absolute atomic E-state index is 0.0816. The van der Waals surface area contributed by atoms with Crippen LogP contribution >= 0.6 is 11.3 Å². The van der Waals surface area contributed by atoms with Crippen LogP contribution in [0.3, 0.4) is 0 Å². The van der Waals surface area contributed by atoms with Crippen molar-refractivity contribution in [1.29, 1.82) is 0 Å². The van der Waals surface area contributed by atoms with Crippen molar-refractivity contribution in [2.45, 2.75) is 25.4 Å². The molecule has 5 heteroatoms. The minimum atomic E-state index is -0.0816. The first-order chi connectivity index (χ1) is 9.13. The third-order valence-corrected chi connectivity index (χ3v) is 4.81. The molecule has 102 valence electrons. The Morgan fingerprint density at radius 1 is 1.47 bits per heavy atom. The molecule has 19 heavy (non-hydrogen) atoms. The first-order valence-corrected chi connectivity index (χ1v) is 7.43. The van der Waals surface area contributed by atoms with Gasteiger partial charge in [0.2, 0.25) is 0 Å². The zero-order valence-electron chi connectivity index (χ0n) is 11.3. The Morgan fingerprint density at radius 2 is 2.32 bits per heavy atom. The predicted octanol–water partition coefficient (Wildman–Crippen LogP) is 2.88. The van der Waals surface area contributed by atoms with Crippen molar-refractivity contribution in [3.63, 3.8) is 0 Å². The summed E-state index contributed by atoms with van der Waals surface area (Å²) in [6, 6.07) is 4.22. The molecule has 0 aliphatic carbocycles. The molecule has 1 unspecified atom stereocenters. The van der Waals surface area contributed by atoms with E-state index < -0.39 is 0 Å². The van der Waals surface area contributed by atoms with Gasteiger partial charge in [0.05, 0.1) is 27.2 Å². The number of benzene rings is 1. The summed E-state index contributed by atoms with van der Waals surface area (Å²) in [5.74, 6) is 0. The van der Waals surface area contributed by atoms with E-state index in [1.807, 2.05) is 5.51 Å². The van der Waals surface area contributed by atoms with Gasteiger partial charge in [0.25, 0.3) is 0 Å².